The Balaban J connectivity index is 1.12. The van der Waals surface area contributed by atoms with Crippen molar-refractivity contribution in [3.63, 3.8) is 0 Å². The summed E-state index contributed by atoms with van der Waals surface area (Å²) in [6, 6.07) is 66.0. The molecule has 0 saturated heterocycles. The predicted molar refractivity (Wildman–Crippen MR) is 354 cm³/mol. The van der Waals surface area contributed by atoms with Crippen LogP contribution in [0.2, 0.25) is 0 Å². The summed E-state index contributed by atoms with van der Waals surface area (Å²) in [5.41, 5.74) is 24.5. The van der Waals surface area contributed by atoms with Gasteiger partial charge in [0.1, 0.15) is 0 Å². The molecule has 8 aromatic carbocycles. The van der Waals surface area contributed by atoms with Crippen molar-refractivity contribution in [3.8, 4) is 39.1 Å². The average Bonchev–Trinajstić information content (AvgIpc) is 4.20. The lowest BCUT2D eigenvalue weighted by Crippen LogP contribution is -2.25. The molecular weight excluding hydrogens is 977 g/mol. The molecule has 1 aliphatic carbocycles. The number of benzene rings is 8. The van der Waals surface area contributed by atoms with Crippen molar-refractivity contribution in [1.29, 1.82) is 0 Å². The van der Waals surface area contributed by atoms with Crippen LogP contribution in [0.5, 0.6) is 0 Å². The van der Waals surface area contributed by atoms with Crippen LogP contribution in [0.1, 0.15) is 202 Å². The molecule has 81 heavy (non-hydrogen) atoms. The Bertz CT molecular complexity index is 3410. The molecule has 1 aliphatic rings. The number of unbranched alkanes of at least 4 members (excludes halogenated alkanes) is 16. The molecule has 2 heteroatoms. The van der Waals surface area contributed by atoms with Gasteiger partial charge in [-0.3, -0.25) is 0 Å². The number of para-hydroxylation sites is 1. The van der Waals surface area contributed by atoms with E-state index in [0.29, 0.717) is 0 Å². The molecule has 0 spiro atoms. The quantitative estimate of drug-likeness (QED) is 0.0408. The third-order valence-electron chi connectivity index (χ3n) is 18.3. The maximum Gasteiger partial charge on any atom is 0.0544 e. The smallest absolute Gasteiger partial charge is 0.0544 e. The van der Waals surface area contributed by atoms with E-state index in [9.17, 15) is 0 Å². The van der Waals surface area contributed by atoms with Crippen LogP contribution in [-0.2, 0) is 18.3 Å². The highest BCUT2D eigenvalue weighted by Gasteiger charge is 2.43. The van der Waals surface area contributed by atoms with Crippen LogP contribution in [-0.4, -0.2) is 4.57 Å². The van der Waals surface area contributed by atoms with Crippen LogP contribution in [0.25, 0.3) is 60.9 Å². The van der Waals surface area contributed by atoms with Gasteiger partial charge in [-0.2, -0.15) is 0 Å². The van der Waals surface area contributed by atoms with Crippen LogP contribution < -0.4 is 4.90 Å². The minimum atomic E-state index is 0.00572. The lowest BCUT2D eigenvalue weighted by molar-refractivity contribution is 0.398. The molecule has 0 bridgehead atoms. The van der Waals surface area contributed by atoms with Crippen LogP contribution in [0.3, 0.4) is 0 Å². The number of fused-ring (bicyclic) bond motifs is 6. The van der Waals surface area contributed by atoms with Gasteiger partial charge in [-0.15, -0.1) is 0 Å². The molecule has 0 N–H and O–H groups in total. The van der Waals surface area contributed by atoms with E-state index < -0.39 is 0 Å². The maximum atomic E-state index is 2.75. The molecule has 9 aromatic rings. The highest BCUT2D eigenvalue weighted by Crippen LogP contribution is 2.56. The minimum Gasteiger partial charge on any atom is -0.311 e. The van der Waals surface area contributed by atoms with Crippen molar-refractivity contribution in [3.05, 3.63) is 203 Å². The molecule has 1 aromatic heterocycles. The Morgan fingerprint density at radius 1 is 0.346 bits per heavy atom. The molecule has 0 saturated carbocycles. The van der Waals surface area contributed by atoms with E-state index in [1.165, 1.54) is 224 Å². The van der Waals surface area contributed by atoms with Gasteiger partial charge in [0.05, 0.1) is 11.0 Å². The summed E-state index contributed by atoms with van der Waals surface area (Å²) >= 11 is 0. The van der Waals surface area contributed by atoms with E-state index in [1.54, 1.807) is 11.1 Å². The monoisotopic (exact) mass is 1070 g/mol. The van der Waals surface area contributed by atoms with Crippen molar-refractivity contribution in [2.45, 2.75) is 201 Å². The summed E-state index contributed by atoms with van der Waals surface area (Å²) < 4.78 is 2.75. The largest absolute Gasteiger partial charge is 0.311 e. The van der Waals surface area contributed by atoms with Crippen LogP contribution in [0.15, 0.2) is 170 Å². The van der Waals surface area contributed by atoms with Gasteiger partial charge in [0.15, 0.2) is 0 Å². The van der Waals surface area contributed by atoms with Crippen molar-refractivity contribution < 1.29 is 0 Å². The fraction of sp³-hybridized carbons (Fsp3) is 0.392. The number of anilines is 3. The molecule has 0 radical (unpaired) electrons. The number of hydrogen-bond donors (Lipinski definition) is 0. The summed E-state index contributed by atoms with van der Waals surface area (Å²) in [6.45, 7) is 13.9. The zero-order chi connectivity index (χ0) is 56.0. The first kappa shape index (κ1) is 57.6. The second-order valence-corrected chi connectivity index (χ2v) is 24.3. The number of rotatable bonds is 30. The fourth-order valence-corrected chi connectivity index (χ4v) is 13.8. The highest BCUT2D eigenvalue weighted by molar-refractivity contribution is 6.12. The second-order valence-electron chi connectivity index (χ2n) is 24.3. The Morgan fingerprint density at radius 2 is 0.840 bits per heavy atom. The Hall–Kier alpha value is -6.64. The molecule has 0 atom stereocenters. The Kier molecular flexibility index (Phi) is 19.8. The number of aromatic nitrogens is 1. The SMILES string of the molecule is CCCCCCCCC1(CCCCCCCC)c2cc(C)ccc2-c2cc3c4ccccc4n(-c4cc(CCCCCC)c(-c5ccc(N(c6ccc(C)cc6)c6ccc(-c7ccccc7)cc6)cc5)cc4CCCCCC)c3cc21. The molecule has 1 heterocycles. The summed E-state index contributed by atoms with van der Waals surface area (Å²) in [5, 5.41) is 2.75. The zero-order valence-electron chi connectivity index (χ0n) is 50.5. The van der Waals surface area contributed by atoms with Gasteiger partial charge in [-0.25, -0.2) is 0 Å². The molecule has 0 amide bonds. The van der Waals surface area contributed by atoms with Gasteiger partial charge in [0.25, 0.3) is 0 Å². The molecule has 2 nitrogen and oxygen atoms in total. The van der Waals surface area contributed by atoms with E-state index in [1.807, 2.05) is 0 Å². The third kappa shape index (κ3) is 13.0. The van der Waals surface area contributed by atoms with E-state index in [2.05, 4.69) is 221 Å². The lowest BCUT2D eigenvalue weighted by atomic mass is 9.70. The maximum absolute atomic E-state index is 2.75. The first-order chi connectivity index (χ1) is 39.8. The second kappa shape index (κ2) is 27.9. The minimum absolute atomic E-state index is 0.00572. The van der Waals surface area contributed by atoms with Crippen molar-refractivity contribution >= 4 is 38.9 Å². The molecule has 420 valence electrons. The zero-order valence-corrected chi connectivity index (χ0v) is 50.5. The van der Waals surface area contributed by atoms with E-state index >= 15 is 0 Å². The van der Waals surface area contributed by atoms with Gasteiger partial charge in [0, 0.05) is 38.9 Å². The molecular formula is C79H94N2. The molecule has 0 unspecified atom stereocenters. The van der Waals surface area contributed by atoms with Gasteiger partial charge in [-0.1, -0.05) is 258 Å². The van der Waals surface area contributed by atoms with Gasteiger partial charge < -0.3 is 9.47 Å². The third-order valence-corrected chi connectivity index (χ3v) is 18.3. The van der Waals surface area contributed by atoms with Gasteiger partial charge in [0.2, 0.25) is 0 Å². The summed E-state index contributed by atoms with van der Waals surface area (Å²) in [4.78, 5) is 2.42. The number of nitrogens with zero attached hydrogens (tertiary/aromatic N) is 2. The summed E-state index contributed by atoms with van der Waals surface area (Å²) in [7, 11) is 0. The topological polar surface area (TPSA) is 8.17 Å². The van der Waals surface area contributed by atoms with E-state index in [0.717, 1.165) is 29.9 Å². The van der Waals surface area contributed by atoms with Gasteiger partial charge in [-0.05, 0) is 175 Å². The molecule has 0 fully saturated rings. The normalized spacial score (nSPS) is 12.6. The highest BCUT2D eigenvalue weighted by atomic mass is 15.1. The molecule has 10 rings (SSSR count). The lowest BCUT2D eigenvalue weighted by Gasteiger charge is -2.33. The number of aryl methyl sites for hydroxylation is 4. The van der Waals surface area contributed by atoms with Crippen LogP contribution >= 0.6 is 0 Å². The van der Waals surface area contributed by atoms with E-state index in [-0.39, 0.29) is 5.41 Å². The van der Waals surface area contributed by atoms with Crippen molar-refractivity contribution in [2.75, 3.05) is 4.90 Å². The van der Waals surface area contributed by atoms with Crippen LogP contribution in [0, 0.1) is 13.8 Å². The Morgan fingerprint density at radius 3 is 1.46 bits per heavy atom. The average molecular weight is 1070 g/mol. The Labute approximate surface area is 489 Å². The summed E-state index contributed by atoms with van der Waals surface area (Å²) in [6.07, 6.45) is 30.4. The fourth-order valence-electron chi connectivity index (χ4n) is 13.8. The molecule has 0 aliphatic heterocycles. The van der Waals surface area contributed by atoms with Crippen molar-refractivity contribution in [2.24, 2.45) is 0 Å². The standard InChI is InChI=1S/C79H94N2/c1-7-11-15-19-21-30-52-79(53-31-22-20-16-12-8-2)74-54-60(6)40-51-69(74)72-57-73-70-36-28-29-37-76(70)81(78(73)58-75(72)79)77-56-64(34-24-17-13-9-3)71(55-65(77)35-25-18-14-10-4)63-43-49-68(50-44-63)80(66-45-38-59(5)39-46-66)67-47-41-62(42-48-67)61-32-26-23-27-33-61/h23,26-29,32-33,36-51,54-58H,7-22,24-25,30-31,34-35,52-53H2,1-6H3. The number of hydrogen-bond acceptors (Lipinski definition) is 1. The van der Waals surface area contributed by atoms with Gasteiger partial charge >= 0.3 is 0 Å². The van der Waals surface area contributed by atoms with Crippen LogP contribution in [0.4, 0.5) is 17.1 Å². The first-order valence-electron chi connectivity index (χ1n) is 32.3. The summed E-state index contributed by atoms with van der Waals surface area (Å²) in [5.74, 6) is 0. The first-order valence-corrected chi connectivity index (χ1v) is 32.3. The van der Waals surface area contributed by atoms with E-state index in [4.69, 9.17) is 0 Å². The van der Waals surface area contributed by atoms with Crippen molar-refractivity contribution in [1.82, 2.24) is 4.57 Å². The predicted octanol–water partition coefficient (Wildman–Crippen LogP) is 24.2.